The van der Waals surface area contributed by atoms with Gasteiger partial charge in [0.1, 0.15) is 23.5 Å². The second-order valence-electron chi connectivity index (χ2n) is 3.09. The van der Waals surface area contributed by atoms with E-state index < -0.39 is 11.9 Å². The van der Waals surface area contributed by atoms with E-state index in [1.165, 1.54) is 39.0 Å². The molecule has 0 saturated carbocycles. The fraction of sp³-hybridized carbons (Fsp3) is 0.250. The fourth-order valence-electron chi connectivity index (χ4n) is 1.01. The van der Waals surface area contributed by atoms with Gasteiger partial charge in [-0.3, -0.25) is 9.59 Å². The Hall–Kier alpha value is -2.37. The zero-order valence-corrected chi connectivity index (χ0v) is 10.3. The fourth-order valence-corrected chi connectivity index (χ4v) is 1.01. The second-order valence-corrected chi connectivity index (χ2v) is 3.09. The lowest BCUT2D eigenvalue weighted by Crippen LogP contribution is -2.04. The summed E-state index contributed by atoms with van der Waals surface area (Å²) in [6.45, 7) is 3.91. The van der Waals surface area contributed by atoms with Crippen molar-refractivity contribution in [1.29, 1.82) is 0 Å². The van der Waals surface area contributed by atoms with Gasteiger partial charge in [0.15, 0.2) is 0 Å². The van der Waals surface area contributed by atoms with E-state index in [0.717, 1.165) is 6.29 Å². The summed E-state index contributed by atoms with van der Waals surface area (Å²) < 4.78 is 9.45. The van der Waals surface area contributed by atoms with Crippen LogP contribution in [0.4, 0.5) is 0 Å². The monoisotopic (exact) mass is 254 g/mol. The topological polar surface area (TPSA) is 89.9 Å². The highest BCUT2D eigenvalue weighted by atomic mass is 16.5. The predicted octanol–water partition coefficient (Wildman–Crippen LogP) is 1.45. The first-order chi connectivity index (χ1) is 8.38. The number of hydrogen-bond acceptors (Lipinski definition) is 6. The molecule has 1 aromatic rings. The van der Waals surface area contributed by atoms with Crippen molar-refractivity contribution < 1.29 is 29.0 Å². The van der Waals surface area contributed by atoms with Crippen LogP contribution in [0.2, 0.25) is 0 Å². The summed E-state index contributed by atoms with van der Waals surface area (Å²) >= 11 is 0. The van der Waals surface area contributed by atoms with Crippen molar-refractivity contribution in [3.8, 4) is 17.2 Å². The molecule has 0 heterocycles. The predicted molar refractivity (Wildman–Crippen MR) is 62.5 cm³/mol. The normalized spacial score (nSPS) is 8.61. The van der Waals surface area contributed by atoms with Crippen LogP contribution in [0, 0.1) is 0 Å². The Labute approximate surface area is 104 Å². The van der Waals surface area contributed by atoms with Crippen LogP contribution in [0.5, 0.6) is 17.2 Å². The van der Waals surface area contributed by atoms with Crippen LogP contribution in [-0.2, 0) is 14.4 Å². The first kappa shape index (κ1) is 15.6. The summed E-state index contributed by atoms with van der Waals surface area (Å²) in [5, 5.41) is 9.24. The summed E-state index contributed by atoms with van der Waals surface area (Å²) in [6.07, 6.45) is 0.750. The lowest BCUT2D eigenvalue weighted by atomic mass is 10.3. The summed E-state index contributed by atoms with van der Waals surface area (Å²) in [6, 6.07) is 3.82. The van der Waals surface area contributed by atoms with E-state index in [4.69, 9.17) is 14.3 Å². The van der Waals surface area contributed by atoms with Crippen molar-refractivity contribution in [3.63, 3.8) is 0 Å². The Morgan fingerprint density at radius 1 is 1.06 bits per heavy atom. The van der Waals surface area contributed by atoms with Crippen LogP contribution in [-0.4, -0.2) is 23.3 Å². The van der Waals surface area contributed by atoms with Gasteiger partial charge in [0.05, 0.1) is 0 Å². The van der Waals surface area contributed by atoms with E-state index in [9.17, 15) is 14.7 Å². The molecule has 6 nitrogen and oxygen atoms in total. The van der Waals surface area contributed by atoms with Gasteiger partial charge in [-0.05, 0) is 6.92 Å². The average molecular weight is 254 g/mol. The van der Waals surface area contributed by atoms with Gasteiger partial charge < -0.3 is 19.4 Å². The molecule has 0 aliphatic rings. The number of phenolic OH excluding ortho intramolecular Hbond substituents is 1. The van der Waals surface area contributed by atoms with Gasteiger partial charge in [-0.1, -0.05) is 0 Å². The maximum absolute atomic E-state index is 10.6. The number of carbonyl (C=O) groups excluding carboxylic acids is 3. The van der Waals surface area contributed by atoms with E-state index in [-0.39, 0.29) is 17.2 Å². The number of ether oxygens (including phenoxy) is 2. The van der Waals surface area contributed by atoms with E-state index in [0.29, 0.717) is 0 Å². The highest BCUT2D eigenvalue weighted by molar-refractivity contribution is 5.71. The standard InChI is InChI=1S/C10H10O5.C2H4O/c1-6(11)14-9-3-8(13)4-10(5-9)15-7(2)12;1-2-3/h3-5,13H,1-2H3;2H,1H3. The van der Waals surface area contributed by atoms with E-state index in [1.807, 2.05) is 0 Å². The van der Waals surface area contributed by atoms with Crippen LogP contribution < -0.4 is 9.47 Å². The van der Waals surface area contributed by atoms with Gasteiger partial charge >= 0.3 is 11.9 Å². The zero-order chi connectivity index (χ0) is 14.1. The Morgan fingerprint density at radius 3 is 1.67 bits per heavy atom. The van der Waals surface area contributed by atoms with Gasteiger partial charge in [0.25, 0.3) is 0 Å². The first-order valence-corrected chi connectivity index (χ1v) is 4.99. The summed E-state index contributed by atoms with van der Waals surface area (Å²) in [4.78, 5) is 30.1. The molecule has 1 aromatic carbocycles. The highest BCUT2D eigenvalue weighted by Crippen LogP contribution is 2.26. The first-order valence-electron chi connectivity index (χ1n) is 4.99. The summed E-state index contributed by atoms with van der Waals surface area (Å²) in [7, 11) is 0. The lowest BCUT2D eigenvalue weighted by Gasteiger charge is -2.05. The van der Waals surface area contributed by atoms with Gasteiger partial charge in [0.2, 0.25) is 0 Å². The smallest absolute Gasteiger partial charge is 0.308 e. The maximum atomic E-state index is 10.6. The van der Waals surface area contributed by atoms with E-state index in [2.05, 4.69) is 0 Å². The molecule has 0 saturated heterocycles. The zero-order valence-electron chi connectivity index (χ0n) is 10.3. The van der Waals surface area contributed by atoms with Crippen LogP contribution >= 0.6 is 0 Å². The molecule has 0 atom stereocenters. The number of aldehydes is 1. The molecule has 0 aliphatic heterocycles. The van der Waals surface area contributed by atoms with Crippen molar-refractivity contribution in [2.45, 2.75) is 20.8 Å². The van der Waals surface area contributed by atoms with Crippen LogP contribution in [0.3, 0.4) is 0 Å². The summed E-state index contributed by atoms with van der Waals surface area (Å²) in [5.74, 6) is -0.939. The summed E-state index contributed by atoms with van der Waals surface area (Å²) in [5.41, 5.74) is 0. The van der Waals surface area contributed by atoms with Crippen molar-refractivity contribution >= 4 is 18.2 Å². The molecule has 98 valence electrons. The minimum absolute atomic E-state index is 0.124. The molecular formula is C12H14O6. The Morgan fingerprint density at radius 2 is 1.39 bits per heavy atom. The number of hydrogen-bond donors (Lipinski definition) is 1. The van der Waals surface area contributed by atoms with Crippen LogP contribution in [0.1, 0.15) is 20.8 Å². The molecule has 1 rings (SSSR count). The quantitative estimate of drug-likeness (QED) is 0.488. The van der Waals surface area contributed by atoms with Crippen molar-refractivity contribution in [3.05, 3.63) is 18.2 Å². The van der Waals surface area contributed by atoms with Crippen molar-refractivity contribution in [2.24, 2.45) is 0 Å². The molecule has 0 fully saturated rings. The largest absolute Gasteiger partial charge is 0.508 e. The molecular weight excluding hydrogens is 240 g/mol. The minimum Gasteiger partial charge on any atom is -0.508 e. The average Bonchev–Trinajstić information content (AvgIpc) is 2.14. The number of benzene rings is 1. The number of carbonyl (C=O) groups is 3. The molecule has 0 aliphatic carbocycles. The van der Waals surface area contributed by atoms with Crippen molar-refractivity contribution in [1.82, 2.24) is 0 Å². The van der Waals surface area contributed by atoms with Gasteiger partial charge in [-0.25, -0.2) is 0 Å². The molecule has 0 radical (unpaired) electrons. The number of phenols is 1. The second kappa shape index (κ2) is 7.83. The molecule has 1 N–H and O–H groups in total. The Balaban J connectivity index is 0.000000873. The lowest BCUT2D eigenvalue weighted by molar-refractivity contribution is -0.132. The van der Waals surface area contributed by atoms with Crippen LogP contribution in [0.25, 0.3) is 0 Å². The van der Waals surface area contributed by atoms with E-state index in [1.54, 1.807) is 0 Å². The number of esters is 2. The van der Waals surface area contributed by atoms with Gasteiger partial charge in [0, 0.05) is 32.0 Å². The number of rotatable bonds is 2. The molecule has 6 heteroatoms. The Bertz CT molecular complexity index is 404. The number of aromatic hydroxyl groups is 1. The van der Waals surface area contributed by atoms with Crippen LogP contribution in [0.15, 0.2) is 18.2 Å². The maximum Gasteiger partial charge on any atom is 0.308 e. The third-order valence-corrected chi connectivity index (χ3v) is 1.39. The molecule has 0 unspecified atom stereocenters. The molecule has 18 heavy (non-hydrogen) atoms. The molecule has 0 amide bonds. The Kier molecular flexibility index (Phi) is 6.80. The third kappa shape index (κ3) is 7.00. The van der Waals surface area contributed by atoms with Gasteiger partial charge in [-0.2, -0.15) is 0 Å². The third-order valence-electron chi connectivity index (χ3n) is 1.39. The highest BCUT2D eigenvalue weighted by Gasteiger charge is 2.05. The molecule has 0 bridgehead atoms. The van der Waals surface area contributed by atoms with Crippen molar-refractivity contribution in [2.75, 3.05) is 0 Å². The molecule has 0 spiro atoms. The minimum atomic E-state index is -0.519. The van der Waals surface area contributed by atoms with E-state index >= 15 is 0 Å². The molecule has 0 aromatic heterocycles. The SMILES string of the molecule is CC(=O)Oc1cc(O)cc(OC(C)=O)c1.CC=O. The van der Waals surface area contributed by atoms with Gasteiger partial charge in [-0.15, -0.1) is 0 Å².